The Hall–Kier alpha value is -7.17. The maximum atomic E-state index is 14.4. The minimum Gasteiger partial charge on any atom is -0.481 e. The number of carboxylic acid groups (broad SMARTS) is 2. The van der Waals surface area contributed by atoms with E-state index in [9.17, 15) is 58.5 Å². The van der Waals surface area contributed by atoms with Crippen molar-refractivity contribution in [3.63, 3.8) is 0 Å². The molecule has 0 unspecified atom stereocenters. The summed E-state index contributed by atoms with van der Waals surface area (Å²) in [6.45, 7) is 1.98. The largest absolute Gasteiger partial charge is 0.481 e. The molecule has 23 N–H and O–H groups in total. The zero-order chi connectivity index (χ0) is 56.0. The van der Waals surface area contributed by atoms with Gasteiger partial charge in [0.05, 0.1) is 12.1 Å². The molecule has 0 bridgehead atoms. The van der Waals surface area contributed by atoms with Crippen molar-refractivity contribution in [3.8, 4) is 0 Å². The van der Waals surface area contributed by atoms with Gasteiger partial charge in [0.2, 0.25) is 41.4 Å². The first-order valence-electron chi connectivity index (χ1n) is 25.2. The lowest BCUT2D eigenvalue weighted by molar-refractivity contribution is -0.149. The SMILES string of the molecule is C[C@@H](O)[C@H](NC(=O)[C@@H](N)CCCCN)C(=O)N[C@@H](Cc1ccccc1)C(=O)N[C@@H](CCCN=C(N)N)C(=O)N[C@@H](CCCN=C(N)N)C(=O)N[C@@H](CCC(=O)O)C(=O)N[C@@H](CCCCN)C(=O)N1CCC[C@H]1C(=O)O. The molecular formula is C47H80N16O12. The Labute approximate surface area is 435 Å². The van der Waals surface area contributed by atoms with Gasteiger partial charge in [0, 0.05) is 32.5 Å². The lowest BCUT2D eigenvalue weighted by Gasteiger charge is -2.29. The predicted molar refractivity (Wildman–Crippen MR) is 276 cm³/mol. The number of nitrogens with one attached hydrogen (secondary N) is 6. The molecule has 1 aliphatic heterocycles. The van der Waals surface area contributed by atoms with Crippen LogP contribution in [-0.2, 0) is 49.6 Å². The number of amides is 7. The summed E-state index contributed by atoms with van der Waals surface area (Å²) in [4.78, 5) is 131. The van der Waals surface area contributed by atoms with Crippen molar-refractivity contribution in [3.05, 3.63) is 35.9 Å². The molecule has 0 radical (unpaired) electrons. The highest BCUT2D eigenvalue weighted by Gasteiger charge is 2.39. The summed E-state index contributed by atoms with van der Waals surface area (Å²) in [6, 6.07) is -2.57. The average molecular weight is 1060 g/mol. The van der Waals surface area contributed by atoms with Crippen LogP contribution in [0.15, 0.2) is 40.3 Å². The molecule has 1 saturated heterocycles. The summed E-state index contributed by atoms with van der Waals surface area (Å²) >= 11 is 0. The van der Waals surface area contributed by atoms with E-state index < -0.39 is 121 Å². The summed E-state index contributed by atoms with van der Waals surface area (Å²) in [6.07, 6.45) is -0.0709. The van der Waals surface area contributed by atoms with Crippen LogP contribution in [0.3, 0.4) is 0 Å². The Kier molecular flexibility index (Phi) is 29.3. The van der Waals surface area contributed by atoms with E-state index >= 15 is 0 Å². The number of carbonyl (C=O) groups excluding carboxylic acids is 7. The molecule has 0 spiro atoms. The van der Waals surface area contributed by atoms with Gasteiger partial charge in [0.1, 0.15) is 42.3 Å². The Morgan fingerprint density at radius 3 is 1.56 bits per heavy atom. The second kappa shape index (κ2) is 34.3. The summed E-state index contributed by atoms with van der Waals surface area (Å²) in [5.74, 6) is -9.23. The number of hydrogen-bond acceptors (Lipinski definition) is 15. The number of hydrogen-bond donors (Lipinski definition) is 16. The van der Waals surface area contributed by atoms with Gasteiger partial charge in [-0.05, 0) is 103 Å². The third-order valence-electron chi connectivity index (χ3n) is 12.1. The number of aliphatic carboxylic acids is 2. The maximum Gasteiger partial charge on any atom is 0.326 e. The van der Waals surface area contributed by atoms with Gasteiger partial charge >= 0.3 is 11.9 Å². The van der Waals surface area contributed by atoms with Gasteiger partial charge < -0.3 is 92.3 Å². The lowest BCUT2D eigenvalue weighted by Crippen LogP contribution is -2.61. The van der Waals surface area contributed by atoms with Crippen molar-refractivity contribution in [2.24, 2.45) is 50.1 Å². The molecule has 0 aliphatic carbocycles. The molecular weight excluding hydrogens is 981 g/mol. The number of carboxylic acids is 2. The average Bonchev–Trinajstić information content (AvgIpc) is 3.86. The number of rotatable bonds is 36. The van der Waals surface area contributed by atoms with Crippen LogP contribution in [0.5, 0.6) is 0 Å². The molecule has 7 amide bonds. The number of aliphatic hydroxyl groups excluding tert-OH is 1. The Morgan fingerprint density at radius 1 is 0.613 bits per heavy atom. The minimum absolute atomic E-state index is 0.0104. The van der Waals surface area contributed by atoms with Crippen molar-refractivity contribution in [2.45, 2.75) is 158 Å². The van der Waals surface area contributed by atoms with Crippen LogP contribution in [0, 0.1) is 0 Å². The van der Waals surface area contributed by atoms with E-state index in [-0.39, 0.29) is 89.5 Å². The standard InChI is InChI=1S/C47H80N16O12/c1-27(64)37(62-38(67)29(50)14-5-7-21-48)43(72)61-34(26-28-12-3-2-4-13-28)42(71)58-31(17-10-24-56-47(53)54)39(68)57-30(16-9-23-55-46(51)52)40(69)59-32(19-20-36(65)66)41(70)60-33(15-6-8-22-49)44(73)63-25-11-18-35(63)45(74)75/h2-4,12-13,27,29-35,37,64H,5-11,14-26,48-50H2,1H3,(H,57,68)(H,58,71)(H,59,69)(H,60,70)(H,61,72)(H,62,67)(H,65,66)(H,74,75)(H4,51,52,55)(H4,53,54,56)/t27-,29+,30+,31+,32+,33+,34+,35+,37+/m1/s1. The third kappa shape index (κ3) is 24.2. The van der Waals surface area contributed by atoms with E-state index in [1.165, 1.54) is 6.92 Å². The van der Waals surface area contributed by atoms with E-state index in [0.717, 1.165) is 4.90 Å². The molecule has 1 aromatic carbocycles. The molecule has 28 nitrogen and oxygen atoms in total. The van der Waals surface area contributed by atoms with Crippen molar-refractivity contribution in [2.75, 3.05) is 32.7 Å². The Morgan fingerprint density at radius 2 is 1.08 bits per heavy atom. The monoisotopic (exact) mass is 1060 g/mol. The number of nitrogens with two attached hydrogens (primary N) is 7. The fourth-order valence-corrected chi connectivity index (χ4v) is 8.03. The van der Waals surface area contributed by atoms with Crippen LogP contribution in [0.4, 0.5) is 0 Å². The highest BCUT2D eigenvalue weighted by molar-refractivity contribution is 5.98. The topological polar surface area (TPSA) is 497 Å². The van der Waals surface area contributed by atoms with Crippen molar-refractivity contribution >= 4 is 65.2 Å². The fourth-order valence-electron chi connectivity index (χ4n) is 8.03. The summed E-state index contributed by atoms with van der Waals surface area (Å²) in [5.41, 5.74) is 39.9. The Balaban J connectivity index is 2.54. The van der Waals surface area contributed by atoms with Gasteiger partial charge in [-0.3, -0.25) is 48.3 Å². The van der Waals surface area contributed by atoms with Crippen LogP contribution in [0.2, 0.25) is 0 Å². The highest BCUT2D eigenvalue weighted by Crippen LogP contribution is 2.20. The number of aliphatic hydroxyl groups is 1. The second-order valence-electron chi connectivity index (χ2n) is 18.3. The number of carbonyl (C=O) groups is 9. The molecule has 75 heavy (non-hydrogen) atoms. The molecule has 2 rings (SSSR count). The first-order chi connectivity index (χ1) is 35.6. The summed E-state index contributed by atoms with van der Waals surface area (Å²) in [7, 11) is 0. The van der Waals surface area contributed by atoms with Crippen molar-refractivity contribution in [1.29, 1.82) is 0 Å². The molecule has 420 valence electrons. The van der Waals surface area contributed by atoms with Gasteiger partial charge in [-0.2, -0.15) is 0 Å². The number of benzene rings is 1. The molecule has 1 heterocycles. The second-order valence-corrected chi connectivity index (χ2v) is 18.3. The number of likely N-dealkylation sites (tertiary alicyclic amines) is 1. The van der Waals surface area contributed by atoms with Crippen molar-refractivity contribution < 1.29 is 58.5 Å². The van der Waals surface area contributed by atoms with E-state index in [1.54, 1.807) is 30.3 Å². The van der Waals surface area contributed by atoms with Crippen LogP contribution in [0.1, 0.15) is 102 Å². The van der Waals surface area contributed by atoms with Crippen LogP contribution < -0.4 is 72.0 Å². The fraction of sp³-hybridized carbons (Fsp3) is 0.638. The third-order valence-corrected chi connectivity index (χ3v) is 12.1. The lowest BCUT2D eigenvalue weighted by atomic mass is 10.0. The van der Waals surface area contributed by atoms with E-state index in [1.807, 2.05) is 0 Å². The van der Waals surface area contributed by atoms with Crippen molar-refractivity contribution in [1.82, 2.24) is 36.8 Å². The number of guanidine groups is 2. The maximum absolute atomic E-state index is 14.4. The van der Waals surface area contributed by atoms with Crippen LogP contribution >= 0.6 is 0 Å². The molecule has 1 aromatic rings. The highest BCUT2D eigenvalue weighted by atomic mass is 16.4. The van der Waals surface area contributed by atoms with E-state index in [4.69, 9.17) is 40.1 Å². The van der Waals surface area contributed by atoms with Gasteiger partial charge in [-0.25, -0.2) is 4.79 Å². The summed E-state index contributed by atoms with van der Waals surface area (Å²) in [5, 5.41) is 45.4. The predicted octanol–water partition coefficient (Wildman–Crippen LogP) is -4.85. The first kappa shape index (κ1) is 63.9. The van der Waals surface area contributed by atoms with E-state index in [2.05, 4.69) is 41.9 Å². The normalized spacial score (nSPS) is 16.2. The van der Waals surface area contributed by atoms with Crippen LogP contribution in [0.25, 0.3) is 0 Å². The molecule has 1 aliphatic rings. The van der Waals surface area contributed by atoms with Gasteiger partial charge in [-0.1, -0.05) is 36.8 Å². The quantitative estimate of drug-likeness (QED) is 0.0170. The first-order valence-corrected chi connectivity index (χ1v) is 25.2. The minimum atomic E-state index is -1.61. The number of nitrogens with zero attached hydrogens (tertiary/aromatic N) is 3. The number of aliphatic imine (C=N–C) groups is 2. The van der Waals surface area contributed by atoms with Gasteiger partial charge in [-0.15, -0.1) is 0 Å². The van der Waals surface area contributed by atoms with Gasteiger partial charge in [0.25, 0.3) is 0 Å². The Bertz CT molecular complexity index is 2090. The zero-order valence-corrected chi connectivity index (χ0v) is 42.6. The van der Waals surface area contributed by atoms with Crippen LogP contribution in [-0.4, -0.2) is 173 Å². The molecule has 1 fully saturated rings. The zero-order valence-electron chi connectivity index (χ0n) is 42.6. The van der Waals surface area contributed by atoms with Gasteiger partial charge in [0.15, 0.2) is 11.9 Å². The molecule has 28 heteroatoms. The molecule has 9 atom stereocenters. The van der Waals surface area contributed by atoms with E-state index in [0.29, 0.717) is 44.2 Å². The summed E-state index contributed by atoms with van der Waals surface area (Å²) < 4.78 is 0. The smallest absolute Gasteiger partial charge is 0.326 e. The molecule has 0 aromatic heterocycles. The molecule has 0 saturated carbocycles. The number of unbranched alkanes of at least 4 members (excludes halogenated alkanes) is 2.